The normalized spacial score (nSPS) is 18.8. The van der Waals surface area contributed by atoms with Crippen molar-refractivity contribution in [2.75, 3.05) is 31.5 Å². The Bertz CT molecular complexity index is 1400. The first-order chi connectivity index (χ1) is 19.1. The summed E-state index contributed by atoms with van der Waals surface area (Å²) in [5.41, 5.74) is 3.02. The van der Waals surface area contributed by atoms with Crippen LogP contribution in [0.4, 0.5) is 5.69 Å². The van der Waals surface area contributed by atoms with Crippen LogP contribution in [0, 0.1) is 12.8 Å². The molecule has 3 aromatic rings. The molecule has 0 bridgehead atoms. The lowest BCUT2D eigenvalue weighted by Gasteiger charge is -2.34. The van der Waals surface area contributed by atoms with E-state index in [1.54, 1.807) is 59.8 Å². The molecule has 2 heterocycles. The van der Waals surface area contributed by atoms with Gasteiger partial charge in [0.05, 0.1) is 24.0 Å². The summed E-state index contributed by atoms with van der Waals surface area (Å²) in [4.78, 5) is 21.6. The van der Waals surface area contributed by atoms with Crippen LogP contribution in [0.5, 0.6) is 5.75 Å². The minimum Gasteiger partial charge on any atom is -0.488 e. The minimum atomic E-state index is -3.82. The molecule has 1 amide bonds. The van der Waals surface area contributed by atoms with Gasteiger partial charge >= 0.3 is 0 Å². The maximum absolute atomic E-state index is 13.5. The lowest BCUT2D eigenvalue weighted by Crippen LogP contribution is -2.47. The molecule has 2 N–H and O–H groups in total. The van der Waals surface area contributed by atoms with E-state index < -0.39 is 10.0 Å². The second kappa shape index (κ2) is 12.8. The van der Waals surface area contributed by atoms with Crippen molar-refractivity contribution in [2.24, 2.45) is 5.92 Å². The van der Waals surface area contributed by atoms with Gasteiger partial charge in [-0.3, -0.25) is 19.4 Å². The topological polar surface area (TPSA) is 112 Å². The van der Waals surface area contributed by atoms with Gasteiger partial charge in [-0.2, -0.15) is 0 Å². The van der Waals surface area contributed by atoms with E-state index in [0.29, 0.717) is 36.6 Å². The largest absolute Gasteiger partial charge is 0.488 e. The number of hydrogen-bond acceptors (Lipinski definition) is 7. The number of ether oxygens (including phenoxy) is 1. The van der Waals surface area contributed by atoms with Gasteiger partial charge < -0.3 is 14.7 Å². The number of benzene rings is 2. The van der Waals surface area contributed by atoms with Crippen molar-refractivity contribution in [1.29, 1.82) is 0 Å². The minimum absolute atomic E-state index is 0.0199. The Labute approximate surface area is 236 Å². The van der Waals surface area contributed by atoms with Crippen molar-refractivity contribution in [3.8, 4) is 5.75 Å². The Morgan fingerprint density at radius 2 is 1.85 bits per heavy atom. The van der Waals surface area contributed by atoms with Gasteiger partial charge in [0.15, 0.2) is 0 Å². The van der Waals surface area contributed by atoms with E-state index >= 15 is 0 Å². The lowest BCUT2D eigenvalue weighted by molar-refractivity contribution is -0.134. The molecule has 0 unspecified atom stereocenters. The third kappa shape index (κ3) is 7.38. The van der Waals surface area contributed by atoms with Gasteiger partial charge in [0.1, 0.15) is 11.9 Å². The number of hydrogen-bond donors (Lipinski definition) is 2. The summed E-state index contributed by atoms with van der Waals surface area (Å²) < 4.78 is 35.2. The van der Waals surface area contributed by atoms with Crippen LogP contribution in [0.15, 0.2) is 71.9 Å². The second-order valence-electron chi connectivity index (χ2n) is 10.7. The highest BCUT2D eigenvalue weighted by atomic mass is 32.2. The fourth-order valence-electron chi connectivity index (χ4n) is 4.81. The third-order valence-corrected chi connectivity index (χ3v) is 8.59. The number of amides is 1. The van der Waals surface area contributed by atoms with Crippen LogP contribution in [0.3, 0.4) is 0 Å². The smallest absolute Gasteiger partial charge is 0.261 e. The van der Waals surface area contributed by atoms with Gasteiger partial charge in [-0.1, -0.05) is 24.6 Å². The van der Waals surface area contributed by atoms with E-state index in [9.17, 15) is 18.3 Å². The highest BCUT2D eigenvalue weighted by molar-refractivity contribution is 7.92. The molecule has 10 heteroatoms. The molecule has 1 aliphatic rings. The highest BCUT2D eigenvalue weighted by Gasteiger charge is 2.31. The highest BCUT2D eigenvalue weighted by Crippen LogP contribution is 2.30. The lowest BCUT2D eigenvalue weighted by atomic mass is 10.0. The molecule has 3 atom stereocenters. The van der Waals surface area contributed by atoms with Gasteiger partial charge in [0.25, 0.3) is 10.0 Å². The second-order valence-corrected chi connectivity index (χ2v) is 12.4. The van der Waals surface area contributed by atoms with Crippen molar-refractivity contribution in [3.63, 3.8) is 0 Å². The van der Waals surface area contributed by atoms with Crippen molar-refractivity contribution in [1.82, 2.24) is 14.8 Å². The molecule has 0 saturated heterocycles. The molecule has 214 valence electrons. The van der Waals surface area contributed by atoms with E-state index in [1.165, 1.54) is 0 Å². The summed E-state index contributed by atoms with van der Waals surface area (Å²) >= 11 is 0. The van der Waals surface area contributed by atoms with Gasteiger partial charge in [-0.15, -0.1) is 0 Å². The Hall–Kier alpha value is -3.47. The third-order valence-electron chi connectivity index (χ3n) is 7.19. The quantitative estimate of drug-likeness (QED) is 0.408. The zero-order valence-electron chi connectivity index (χ0n) is 23.4. The molecule has 9 nitrogen and oxygen atoms in total. The van der Waals surface area contributed by atoms with Gasteiger partial charge in [0.2, 0.25) is 5.91 Å². The molecule has 2 aromatic carbocycles. The summed E-state index contributed by atoms with van der Waals surface area (Å²) in [5.74, 6) is 0.352. The first-order valence-corrected chi connectivity index (χ1v) is 14.9. The predicted molar refractivity (Wildman–Crippen MR) is 155 cm³/mol. The number of sulfonamides is 1. The molecular weight excluding hydrogens is 528 g/mol. The van der Waals surface area contributed by atoms with Crippen molar-refractivity contribution in [3.05, 3.63) is 83.7 Å². The maximum Gasteiger partial charge on any atom is 0.261 e. The molecule has 1 aliphatic heterocycles. The monoisotopic (exact) mass is 566 g/mol. The van der Waals surface area contributed by atoms with E-state index in [4.69, 9.17) is 4.74 Å². The van der Waals surface area contributed by atoms with E-state index in [2.05, 4.69) is 14.6 Å². The molecule has 4 rings (SSSR count). The number of aliphatic hydroxyl groups is 1. The number of nitrogens with one attached hydrogen (secondary N) is 1. The standard InChI is InChI=1S/C30H38N4O5S/c1-21-5-8-27(9-6-21)40(37,38)32-26-7-10-28-25(15-26)16-30(36)34(23(3)20-35)17-22(2)29(39-28)19-33(4)18-24-11-13-31-14-12-24/h5-15,22-23,29,32,35H,16-20H2,1-4H3/t22-,23+,29-/m0/s1. The van der Waals surface area contributed by atoms with Crippen LogP contribution in [-0.4, -0.2) is 73.1 Å². The van der Waals surface area contributed by atoms with Crippen molar-refractivity contribution < 1.29 is 23.1 Å². The molecule has 40 heavy (non-hydrogen) atoms. The number of aliphatic hydroxyl groups excluding tert-OH is 1. The average Bonchev–Trinajstić information content (AvgIpc) is 2.96. The zero-order valence-corrected chi connectivity index (χ0v) is 24.3. The summed E-state index contributed by atoms with van der Waals surface area (Å²) in [6.07, 6.45) is 3.29. The van der Waals surface area contributed by atoms with Crippen molar-refractivity contribution >= 4 is 21.6 Å². The number of fused-ring (bicyclic) bond motifs is 1. The number of pyridine rings is 1. The van der Waals surface area contributed by atoms with Crippen LogP contribution in [0.2, 0.25) is 0 Å². The summed E-state index contributed by atoms with van der Waals surface area (Å²) in [5, 5.41) is 9.88. The Balaban J connectivity index is 1.63. The Morgan fingerprint density at radius 3 is 2.52 bits per heavy atom. The van der Waals surface area contributed by atoms with Crippen LogP contribution in [0.25, 0.3) is 0 Å². The Morgan fingerprint density at radius 1 is 1.15 bits per heavy atom. The molecule has 0 spiro atoms. The fourth-order valence-corrected chi connectivity index (χ4v) is 5.86. The number of nitrogens with zero attached hydrogens (tertiary/aromatic N) is 3. The number of carbonyl (C=O) groups excluding carboxylic acids is 1. The number of likely N-dealkylation sites (N-methyl/N-ethyl adjacent to an activating group) is 1. The van der Waals surface area contributed by atoms with Gasteiger partial charge in [-0.05, 0) is 68.9 Å². The number of rotatable bonds is 9. The van der Waals surface area contributed by atoms with Crippen LogP contribution in [-0.2, 0) is 27.8 Å². The van der Waals surface area contributed by atoms with Gasteiger partial charge in [-0.25, -0.2) is 8.42 Å². The first-order valence-electron chi connectivity index (χ1n) is 13.4. The van der Waals surface area contributed by atoms with E-state index in [0.717, 1.165) is 11.1 Å². The fraction of sp³-hybridized carbons (Fsp3) is 0.400. The van der Waals surface area contributed by atoms with Crippen LogP contribution >= 0.6 is 0 Å². The Kier molecular flexibility index (Phi) is 9.44. The molecule has 0 aliphatic carbocycles. The summed E-state index contributed by atoms with van der Waals surface area (Å²) in [6.45, 7) is 7.33. The molecule has 0 radical (unpaired) electrons. The van der Waals surface area contributed by atoms with E-state index in [1.807, 2.05) is 40.0 Å². The number of aromatic nitrogens is 1. The summed E-state index contributed by atoms with van der Waals surface area (Å²) in [6, 6.07) is 15.2. The number of anilines is 1. The predicted octanol–water partition coefficient (Wildman–Crippen LogP) is 3.47. The first kappa shape index (κ1) is 29.5. The van der Waals surface area contributed by atoms with Crippen LogP contribution in [0.1, 0.15) is 30.5 Å². The average molecular weight is 567 g/mol. The van der Waals surface area contributed by atoms with E-state index in [-0.39, 0.29) is 41.9 Å². The van der Waals surface area contributed by atoms with Crippen molar-refractivity contribution in [2.45, 2.75) is 50.8 Å². The maximum atomic E-state index is 13.5. The van der Waals surface area contributed by atoms with Crippen LogP contribution < -0.4 is 9.46 Å². The zero-order chi connectivity index (χ0) is 28.9. The molecule has 0 fully saturated rings. The molecular formula is C30H38N4O5S. The molecule has 1 aromatic heterocycles. The molecule has 0 saturated carbocycles. The summed E-state index contributed by atoms with van der Waals surface area (Å²) in [7, 11) is -1.80. The number of aryl methyl sites for hydroxylation is 1. The van der Waals surface area contributed by atoms with Gasteiger partial charge in [0, 0.05) is 49.2 Å². The number of carbonyl (C=O) groups is 1. The SMILES string of the molecule is Cc1ccc(S(=O)(=O)Nc2ccc3c(c2)CC(=O)N([C@H](C)CO)C[C@H](C)[C@H](CN(C)Cc2ccncc2)O3)cc1.